The van der Waals surface area contributed by atoms with Crippen molar-refractivity contribution in [2.75, 3.05) is 6.61 Å². The highest BCUT2D eigenvalue weighted by Crippen LogP contribution is 2.31. The van der Waals surface area contributed by atoms with E-state index in [-0.39, 0.29) is 24.2 Å². The normalized spacial score (nSPS) is 17.6. The van der Waals surface area contributed by atoms with Gasteiger partial charge in [-0.25, -0.2) is 4.98 Å². The van der Waals surface area contributed by atoms with Gasteiger partial charge in [-0.2, -0.15) is 0 Å². The number of ether oxygens (including phenoxy) is 1. The lowest BCUT2D eigenvalue weighted by Crippen LogP contribution is -2.29. The molecule has 1 aliphatic heterocycles. The fourth-order valence-corrected chi connectivity index (χ4v) is 2.26. The van der Waals surface area contributed by atoms with Gasteiger partial charge < -0.3 is 9.30 Å². The summed E-state index contributed by atoms with van der Waals surface area (Å²) in [6.07, 6.45) is 5.07. The minimum absolute atomic E-state index is 0. The summed E-state index contributed by atoms with van der Waals surface area (Å²) in [6.45, 7) is 0.346. The molecule has 1 aromatic heterocycles. The van der Waals surface area contributed by atoms with Crippen molar-refractivity contribution in [2.24, 2.45) is 0 Å². The first-order valence-corrected chi connectivity index (χ1v) is 5.99. The van der Waals surface area contributed by atoms with Crippen LogP contribution in [0.25, 0.3) is 0 Å². The Morgan fingerprint density at radius 3 is 3.00 bits per heavy atom. The molecule has 0 saturated carbocycles. The summed E-state index contributed by atoms with van der Waals surface area (Å²) in [5, 5.41) is 0. The van der Waals surface area contributed by atoms with Crippen LogP contribution in [-0.4, -0.2) is 21.9 Å². The van der Waals surface area contributed by atoms with Gasteiger partial charge in [0.25, 0.3) is 0 Å². The van der Waals surface area contributed by atoms with Crippen molar-refractivity contribution in [1.82, 2.24) is 9.55 Å². The number of carbonyl (C=O) groups excluding carboxylic acids is 1. The molecule has 0 radical (unpaired) electrons. The van der Waals surface area contributed by atoms with Gasteiger partial charge in [0.2, 0.25) is 0 Å². The Bertz CT molecular complexity index is 571. The van der Waals surface area contributed by atoms with E-state index in [2.05, 4.69) is 20.9 Å². The van der Waals surface area contributed by atoms with Crippen LogP contribution in [0.1, 0.15) is 16.4 Å². The van der Waals surface area contributed by atoms with E-state index in [1.165, 1.54) is 0 Å². The van der Waals surface area contributed by atoms with Crippen molar-refractivity contribution >= 4 is 34.1 Å². The van der Waals surface area contributed by atoms with Crippen LogP contribution in [0.15, 0.2) is 41.4 Å². The molecule has 1 unspecified atom stereocenters. The smallest absolute Gasteiger partial charge is 0.192 e. The third-order valence-electron chi connectivity index (χ3n) is 2.79. The number of Topliss-reactive ketones (excluding diaryl/α,β-unsaturated/α-hetero) is 1. The zero-order valence-corrected chi connectivity index (χ0v) is 11.6. The summed E-state index contributed by atoms with van der Waals surface area (Å²) in [6, 6.07) is 5.13. The molecule has 0 fully saturated rings. The highest BCUT2D eigenvalue weighted by atomic mass is 79.9. The molecule has 1 aliphatic rings. The molecule has 94 valence electrons. The third-order valence-corrected chi connectivity index (χ3v) is 3.29. The van der Waals surface area contributed by atoms with Crippen LogP contribution < -0.4 is 4.74 Å². The lowest BCUT2D eigenvalue weighted by molar-refractivity contribution is 0.0841. The number of ketones is 1. The van der Waals surface area contributed by atoms with Crippen LogP contribution in [0, 0.1) is 0 Å². The second kappa shape index (κ2) is 5.12. The summed E-state index contributed by atoms with van der Waals surface area (Å²) in [5.74, 6) is 0.706. The van der Waals surface area contributed by atoms with Crippen LogP contribution in [-0.2, 0) is 0 Å². The van der Waals surface area contributed by atoms with E-state index in [1.54, 1.807) is 29.4 Å². The second-order valence-corrected chi connectivity index (χ2v) is 4.76. The maximum Gasteiger partial charge on any atom is 0.192 e. The quantitative estimate of drug-likeness (QED) is 0.808. The zero-order chi connectivity index (χ0) is 11.8. The lowest BCUT2D eigenvalue weighted by Gasteiger charge is -2.24. The van der Waals surface area contributed by atoms with Crippen molar-refractivity contribution < 1.29 is 9.53 Å². The first kappa shape index (κ1) is 13.1. The van der Waals surface area contributed by atoms with Crippen LogP contribution in [0.5, 0.6) is 5.75 Å². The Labute approximate surface area is 119 Å². The molecule has 1 aromatic carbocycles. The van der Waals surface area contributed by atoms with Gasteiger partial charge in [-0.1, -0.05) is 15.9 Å². The molecule has 2 heterocycles. The molecule has 6 heteroatoms. The van der Waals surface area contributed by atoms with Gasteiger partial charge in [-0.15, -0.1) is 12.4 Å². The molecule has 3 rings (SSSR count). The number of carbonyl (C=O) groups is 1. The standard InChI is InChI=1S/C12H9BrN2O2.ClH/c13-8-1-2-9-11(5-8)17-6-10(12(9)16)15-4-3-14-7-15;/h1-5,7,10H,6H2;1H. The molecule has 1 atom stereocenters. The van der Waals surface area contributed by atoms with E-state index in [1.807, 2.05) is 12.1 Å². The van der Waals surface area contributed by atoms with E-state index in [9.17, 15) is 4.79 Å². The fourth-order valence-electron chi connectivity index (χ4n) is 1.92. The minimum Gasteiger partial charge on any atom is -0.490 e. The van der Waals surface area contributed by atoms with Crippen molar-refractivity contribution in [3.05, 3.63) is 47.0 Å². The largest absolute Gasteiger partial charge is 0.490 e. The Hall–Kier alpha value is -1.33. The topological polar surface area (TPSA) is 44.1 Å². The van der Waals surface area contributed by atoms with Crippen LogP contribution in [0.4, 0.5) is 0 Å². The number of nitrogens with zero attached hydrogens (tertiary/aromatic N) is 2. The first-order chi connectivity index (χ1) is 8.25. The van der Waals surface area contributed by atoms with E-state index in [0.717, 1.165) is 4.47 Å². The lowest BCUT2D eigenvalue weighted by atomic mass is 10.0. The molecule has 0 aliphatic carbocycles. The number of hydrogen-bond donors (Lipinski definition) is 0. The number of hydrogen-bond acceptors (Lipinski definition) is 3. The molecular weight excluding hydrogens is 320 g/mol. The van der Waals surface area contributed by atoms with Gasteiger partial charge in [0.1, 0.15) is 18.4 Å². The highest BCUT2D eigenvalue weighted by molar-refractivity contribution is 9.10. The maximum absolute atomic E-state index is 12.3. The van der Waals surface area contributed by atoms with E-state index in [4.69, 9.17) is 4.74 Å². The SMILES string of the molecule is Cl.O=C1c2ccc(Br)cc2OCC1n1ccnc1. The van der Waals surface area contributed by atoms with E-state index in [0.29, 0.717) is 17.9 Å². The first-order valence-electron chi connectivity index (χ1n) is 5.20. The molecule has 4 nitrogen and oxygen atoms in total. The van der Waals surface area contributed by atoms with Gasteiger partial charge in [0.15, 0.2) is 5.78 Å². The Kier molecular flexibility index (Phi) is 3.73. The average Bonchev–Trinajstić information content (AvgIpc) is 2.82. The van der Waals surface area contributed by atoms with Crippen LogP contribution in [0.2, 0.25) is 0 Å². The highest BCUT2D eigenvalue weighted by Gasteiger charge is 2.29. The summed E-state index contributed by atoms with van der Waals surface area (Å²) >= 11 is 3.36. The summed E-state index contributed by atoms with van der Waals surface area (Å²) in [5.41, 5.74) is 0.623. The van der Waals surface area contributed by atoms with Crippen LogP contribution >= 0.6 is 28.3 Å². The Morgan fingerprint density at radius 2 is 2.28 bits per heavy atom. The van der Waals surface area contributed by atoms with Gasteiger partial charge >= 0.3 is 0 Å². The predicted molar refractivity (Wildman–Crippen MR) is 72.5 cm³/mol. The predicted octanol–water partition coefficient (Wildman–Crippen LogP) is 2.88. The third kappa shape index (κ3) is 2.15. The maximum atomic E-state index is 12.3. The molecule has 0 bridgehead atoms. The molecular formula is C12H10BrClN2O2. The number of rotatable bonds is 1. The minimum atomic E-state index is -0.314. The van der Waals surface area contributed by atoms with Crippen LogP contribution in [0.3, 0.4) is 0 Å². The number of benzene rings is 1. The number of aromatic nitrogens is 2. The molecule has 0 N–H and O–H groups in total. The molecule has 18 heavy (non-hydrogen) atoms. The summed E-state index contributed by atoms with van der Waals surface area (Å²) in [4.78, 5) is 16.2. The second-order valence-electron chi connectivity index (χ2n) is 3.84. The van der Waals surface area contributed by atoms with Crippen molar-refractivity contribution in [3.8, 4) is 5.75 Å². The Balaban J connectivity index is 0.00000120. The molecule has 2 aromatic rings. The van der Waals surface area contributed by atoms with Gasteiger partial charge in [-0.3, -0.25) is 4.79 Å². The molecule has 0 amide bonds. The van der Waals surface area contributed by atoms with Gasteiger partial charge in [0, 0.05) is 16.9 Å². The van der Waals surface area contributed by atoms with E-state index < -0.39 is 0 Å². The van der Waals surface area contributed by atoms with Crippen molar-refractivity contribution in [2.45, 2.75) is 6.04 Å². The monoisotopic (exact) mass is 328 g/mol. The molecule has 0 spiro atoms. The fraction of sp³-hybridized carbons (Fsp3) is 0.167. The summed E-state index contributed by atoms with van der Waals surface area (Å²) in [7, 11) is 0. The number of halogens is 2. The zero-order valence-electron chi connectivity index (χ0n) is 9.25. The van der Waals surface area contributed by atoms with Gasteiger partial charge in [0.05, 0.1) is 11.9 Å². The Morgan fingerprint density at radius 1 is 1.44 bits per heavy atom. The average molecular weight is 330 g/mol. The summed E-state index contributed by atoms with van der Waals surface area (Å²) < 4.78 is 8.29. The molecule has 0 saturated heterocycles. The van der Waals surface area contributed by atoms with Gasteiger partial charge in [-0.05, 0) is 18.2 Å². The number of imidazole rings is 1. The van der Waals surface area contributed by atoms with Crippen molar-refractivity contribution in [3.63, 3.8) is 0 Å². The van der Waals surface area contributed by atoms with E-state index >= 15 is 0 Å². The van der Waals surface area contributed by atoms with Crippen molar-refractivity contribution in [1.29, 1.82) is 0 Å². The number of fused-ring (bicyclic) bond motifs is 1.